The summed E-state index contributed by atoms with van der Waals surface area (Å²) in [6, 6.07) is 5.90. The van der Waals surface area contributed by atoms with Crippen LogP contribution in [-0.4, -0.2) is 17.2 Å². The predicted octanol–water partition coefficient (Wildman–Crippen LogP) is 3.35. The van der Waals surface area contributed by atoms with Gasteiger partial charge in [0.05, 0.1) is 18.2 Å². The molecule has 0 unspecified atom stereocenters. The lowest BCUT2D eigenvalue weighted by Crippen LogP contribution is -2.22. The van der Waals surface area contributed by atoms with Crippen molar-refractivity contribution in [2.75, 3.05) is 7.11 Å². The number of hydrogen-bond donors (Lipinski definition) is 1. The van der Waals surface area contributed by atoms with Crippen LogP contribution in [0.2, 0.25) is 0 Å². The smallest absolute Gasteiger partial charge is 0.119 e. The highest BCUT2D eigenvalue weighted by molar-refractivity contribution is 5.86. The van der Waals surface area contributed by atoms with Gasteiger partial charge in [0.2, 0.25) is 0 Å². The highest BCUT2D eigenvalue weighted by Crippen LogP contribution is 2.37. The van der Waals surface area contributed by atoms with Crippen molar-refractivity contribution < 1.29 is 9.84 Å². The number of pyridine rings is 1. The minimum Gasteiger partial charge on any atom is -0.497 e. The van der Waals surface area contributed by atoms with Gasteiger partial charge < -0.3 is 9.84 Å². The van der Waals surface area contributed by atoms with Crippen LogP contribution in [0.25, 0.3) is 10.9 Å². The lowest BCUT2D eigenvalue weighted by Gasteiger charge is -2.28. The molecular weight excluding hydrogens is 250 g/mol. The Hall–Kier alpha value is -1.61. The number of aryl methyl sites for hydroxylation is 1. The third-order valence-corrected chi connectivity index (χ3v) is 4.08. The molecule has 1 N–H and O–H groups in total. The molecule has 0 atom stereocenters. The van der Waals surface area contributed by atoms with E-state index >= 15 is 0 Å². The third-order valence-electron chi connectivity index (χ3n) is 4.08. The van der Waals surface area contributed by atoms with E-state index in [0.717, 1.165) is 40.8 Å². The van der Waals surface area contributed by atoms with E-state index in [4.69, 9.17) is 9.72 Å². The molecule has 0 bridgehead atoms. The fourth-order valence-electron chi connectivity index (χ4n) is 3.23. The van der Waals surface area contributed by atoms with Crippen molar-refractivity contribution in [3.8, 4) is 5.75 Å². The molecule has 0 aliphatic heterocycles. The molecule has 0 saturated heterocycles. The SMILES string of the molecule is COc1ccc2nc3c(c(C(C)(C)O)c2c1)CCCC3. The van der Waals surface area contributed by atoms with Gasteiger partial charge in [-0.2, -0.15) is 0 Å². The number of aromatic nitrogens is 1. The van der Waals surface area contributed by atoms with E-state index in [9.17, 15) is 5.11 Å². The molecule has 0 fully saturated rings. The average molecular weight is 271 g/mol. The molecule has 2 aromatic rings. The van der Waals surface area contributed by atoms with Gasteiger partial charge in [-0.3, -0.25) is 4.98 Å². The second kappa shape index (κ2) is 4.74. The third kappa shape index (κ3) is 2.16. The molecule has 0 saturated carbocycles. The topological polar surface area (TPSA) is 42.4 Å². The van der Waals surface area contributed by atoms with Crippen LogP contribution in [0.3, 0.4) is 0 Å². The molecule has 3 heteroatoms. The lowest BCUT2D eigenvalue weighted by atomic mass is 9.83. The van der Waals surface area contributed by atoms with Crippen molar-refractivity contribution in [2.24, 2.45) is 0 Å². The normalized spacial score (nSPS) is 15.2. The maximum Gasteiger partial charge on any atom is 0.119 e. The molecule has 0 radical (unpaired) electrons. The van der Waals surface area contributed by atoms with E-state index in [-0.39, 0.29) is 0 Å². The molecule has 20 heavy (non-hydrogen) atoms. The molecule has 1 aliphatic rings. The number of methoxy groups -OCH3 is 1. The minimum absolute atomic E-state index is 0.806. The van der Waals surface area contributed by atoms with E-state index < -0.39 is 5.60 Å². The number of rotatable bonds is 2. The Kier molecular flexibility index (Phi) is 3.17. The molecule has 1 aliphatic carbocycles. The van der Waals surface area contributed by atoms with E-state index in [1.54, 1.807) is 7.11 Å². The standard InChI is InChI=1S/C17H21NO2/c1-17(2,19)16-12-6-4-5-7-14(12)18-15-9-8-11(20-3)10-13(15)16/h8-10,19H,4-7H2,1-3H3. The summed E-state index contributed by atoms with van der Waals surface area (Å²) >= 11 is 0. The van der Waals surface area contributed by atoms with Gasteiger partial charge >= 0.3 is 0 Å². The van der Waals surface area contributed by atoms with Crippen molar-refractivity contribution in [3.63, 3.8) is 0 Å². The van der Waals surface area contributed by atoms with Crippen LogP contribution in [-0.2, 0) is 18.4 Å². The zero-order chi connectivity index (χ0) is 14.3. The van der Waals surface area contributed by atoms with Gasteiger partial charge in [0.1, 0.15) is 5.75 Å². The summed E-state index contributed by atoms with van der Waals surface area (Å²) in [5.41, 5.74) is 3.50. The van der Waals surface area contributed by atoms with Crippen LogP contribution in [0.5, 0.6) is 5.75 Å². The zero-order valence-corrected chi connectivity index (χ0v) is 12.4. The van der Waals surface area contributed by atoms with Crippen molar-refractivity contribution in [1.29, 1.82) is 0 Å². The van der Waals surface area contributed by atoms with Crippen molar-refractivity contribution >= 4 is 10.9 Å². The first-order chi connectivity index (χ1) is 9.50. The Morgan fingerprint density at radius 1 is 1.20 bits per heavy atom. The molecule has 0 amide bonds. The highest BCUT2D eigenvalue weighted by atomic mass is 16.5. The first-order valence-corrected chi connectivity index (χ1v) is 7.23. The van der Waals surface area contributed by atoms with E-state index in [2.05, 4.69) is 0 Å². The summed E-state index contributed by atoms with van der Waals surface area (Å²) in [6.45, 7) is 3.71. The number of fused-ring (bicyclic) bond motifs is 2. The Morgan fingerprint density at radius 2 is 1.95 bits per heavy atom. The summed E-state index contributed by atoms with van der Waals surface area (Å²) < 4.78 is 5.32. The highest BCUT2D eigenvalue weighted by Gasteiger charge is 2.27. The van der Waals surface area contributed by atoms with E-state index in [0.29, 0.717) is 0 Å². The molecular formula is C17H21NO2. The molecule has 0 spiro atoms. The number of ether oxygens (including phenoxy) is 1. The molecule has 1 aromatic carbocycles. The van der Waals surface area contributed by atoms with Crippen LogP contribution in [0, 0.1) is 0 Å². The fourth-order valence-corrected chi connectivity index (χ4v) is 3.23. The Bertz CT molecular complexity index is 656. The van der Waals surface area contributed by atoms with Gasteiger partial charge in [-0.15, -0.1) is 0 Å². The van der Waals surface area contributed by atoms with Gasteiger partial charge in [0, 0.05) is 11.1 Å². The largest absolute Gasteiger partial charge is 0.497 e. The van der Waals surface area contributed by atoms with Crippen molar-refractivity contribution in [3.05, 3.63) is 35.0 Å². The summed E-state index contributed by atoms with van der Waals surface area (Å²) in [7, 11) is 1.66. The fraction of sp³-hybridized carbons (Fsp3) is 0.471. The molecule has 1 heterocycles. The number of benzene rings is 1. The maximum atomic E-state index is 10.6. The number of nitrogens with zero attached hydrogens (tertiary/aromatic N) is 1. The van der Waals surface area contributed by atoms with Crippen LogP contribution < -0.4 is 4.74 Å². The lowest BCUT2D eigenvalue weighted by molar-refractivity contribution is 0.0789. The first kappa shape index (κ1) is 13.4. The van der Waals surface area contributed by atoms with Gasteiger partial charge in [-0.1, -0.05) is 0 Å². The maximum absolute atomic E-state index is 10.6. The monoisotopic (exact) mass is 271 g/mol. The van der Waals surface area contributed by atoms with Crippen LogP contribution in [0.1, 0.15) is 43.5 Å². The van der Waals surface area contributed by atoms with Gasteiger partial charge in [-0.05, 0) is 68.9 Å². The summed E-state index contributed by atoms with van der Waals surface area (Å²) in [5, 5.41) is 11.6. The average Bonchev–Trinajstić information content (AvgIpc) is 2.42. The predicted molar refractivity (Wildman–Crippen MR) is 80.2 cm³/mol. The summed E-state index contributed by atoms with van der Waals surface area (Å²) in [5.74, 6) is 0.806. The first-order valence-electron chi connectivity index (χ1n) is 7.23. The van der Waals surface area contributed by atoms with Crippen molar-refractivity contribution in [2.45, 2.75) is 45.1 Å². The Balaban J connectivity index is 2.38. The Morgan fingerprint density at radius 3 is 2.65 bits per heavy atom. The van der Waals surface area contributed by atoms with E-state index in [1.807, 2.05) is 32.0 Å². The summed E-state index contributed by atoms with van der Waals surface area (Å²) in [6.07, 6.45) is 4.38. The van der Waals surface area contributed by atoms with Crippen LogP contribution in [0.15, 0.2) is 18.2 Å². The molecule has 106 valence electrons. The molecule has 3 rings (SSSR count). The molecule has 3 nitrogen and oxygen atoms in total. The van der Waals surface area contributed by atoms with Crippen LogP contribution in [0.4, 0.5) is 0 Å². The van der Waals surface area contributed by atoms with Gasteiger partial charge in [0.25, 0.3) is 0 Å². The quantitative estimate of drug-likeness (QED) is 0.910. The van der Waals surface area contributed by atoms with E-state index in [1.165, 1.54) is 18.4 Å². The Labute approximate surface area is 119 Å². The zero-order valence-electron chi connectivity index (χ0n) is 12.4. The second-order valence-corrected chi connectivity index (χ2v) is 6.06. The minimum atomic E-state index is -0.866. The van der Waals surface area contributed by atoms with Gasteiger partial charge in [-0.25, -0.2) is 0 Å². The second-order valence-electron chi connectivity index (χ2n) is 6.06. The number of aliphatic hydroxyl groups is 1. The number of hydrogen-bond acceptors (Lipinski definition) is 3. The van der Waals surface area contributed by atoms with Crippen LogP contribution >= 0.6 is 0 Å². The molecule has 1 aromatic heterocycles. The van der Waals surface area contributed by atoms with Gasteiger partial charge in [0.15, 0.2) is 0 Å². The summed E-state index contributed by atoms with van der Waals surface area (Å²) in [4.78, 5) is 4.80. The van der Waals surface area contributed by atoms with Crippen molar-refractivity contribution in [1.82, 2.24) is 4.98 Å².